The lowest BCUT2D eigenvalue weighted by Gasteiger charge is -2.46. The molecule has 0 aliphatic carbocycles. The minimum Gasteiger partial charge on any atom is -0.461 e. The zero-order valence-corrected chi connectivity index (χ0v) is 13.9. The van der Waals surface area contributed by atoms with Crippen LogP contribution in [0.15, 0.2) is 24.3 Å². The minimum atomic E-state index is -2.78. The predicted molar refractivity (Wildman–Crippen MR) is 85.2 cm³/mol. The molecule has 0 radical (unpaired) electrons. The molecule has 0 bridgehead atoms. The molecular formula is C16H15F3N2O2S. The number of rotatable bonds is 4. The first-order chi connectivity index (χ1) is 11.3. The van der Waals surface area contributed by atoms with Gasteiger partial charge in [-0.25, -0.2) is 22.9 Å². The van der Waals surface area contributed by atoms with Gasteiger partial charge in [0, 0.05) is 5.56 Å². The number of benzene rings is 1. The Labute approximate surface area is 140 Å². The highest BCUT2D eigenvalue weighted by molar-refractivity contribution is 7.18. The van der Waals surface area contributed by atoms with Crippen molar-refractivity contribution in [2.24, 2.45) is 0 Å². The number of anilines is 1. The number of carbonyl (C=O) groups excluding carboxylic acids is 1. The molecule has 1 aromatic carbocycles. The van der Waals surface area contributed by atoms with Gasteiger partial charge in [0.2, 0.25) is 5.01 Å². The number of hydrogen-bond donors (Lipinski definition) is 0. The van der Waals surface area contributed by atoms with Crippen molar-refractivity contribution in [3.8, 4) is 11.3 Å². The van der Waals surface area contributed by atoms with Crippen LogP contribution in [0, 0.1) is 5.82 Å². The molecule has 128 valence electrons. The first-order valence-corrected chi connectivity index (χ1v) is 8.23. The summed E-state index contributed by atoms with van der Waals surface area (Å²) in [5.74, 6) is -3.80. The molecule has 8 heteroatoms. The monoisotopic (exact) mass is 356 g/mol. The topological polar surface area (TPSA) is 42.4 Å². The highest BCUT2D eigenvalue weighted by atomic mass is 32.1. The van der Waals surface area contributed by atoms with Gasteiger partial charge >= 0.3 is 5.97 Å². The maximum Gasteiger partial charge on any atom is 0.367 e. The molecule has 1 saturated heterocycles. The summed E-state index contributed by atoms with van der Waals surface area (Å²) in [6.45, 7) is 2.84. The van der Waals surface area contributed by atoms with Gasteiger partial charge in [-0.2, -0.15) is 0 Å². The average molecular weight is 356 g/mol. The van der Waals surface area contributed by atoms with Crippen LogP contribution in [0.25, 0.3) is 11.3 Å². The number of hydrogen-bond acceptors (Lipinski definition) is 5. The number of carbonyl (C=O) groups is 1. The number of nitrogens with zero attached hydrogens (tertiary/aromatic N) is 2. The molecule has 24 heavy (non-hydrogen) atoms. The number of ether oxygens (including phenoxy) is 1. The first-order valence-electron chi connectivity index (χ1n) is 7.42. The summed E-state index contributed by atoms with van der Waals surface area (Å²) in [6.07, 6.45) is 0. The van der Waals surface area contributed by atoms with Gasteiger partial charge in [0.1, 0.15) is 16.5 Å². The quantitative estimate of drug-likeness (QED) is 0.778. The molecule has 1 aliphatic heterocycles. The van der Waals surface area contributed by atoms with Crippen LogP contribution in [0.1, 0.15) is 23.6 Å². The van der Waals surface area contributed by atoms with Gasteiger partial charge in [-0.3, -0.25) is 0 Å². The van der Waals surface area contributed by atoms with Crippen molar-refractivity contribution in [3.63, 3.8) is 0 Å². The summed E-state index contributed by atoms with van der Waals surface area (Å²) in [5, 5.41) is 0.552. The first kappa shape index (κ1) is 16.8. The molecule has 1 aliphatic rings. The molecule has 3 rings (SSSR count). The van der Waals surface area contributed by atoms with Crippen LogP contribution in [0.2, 0.25) is 0 Å². The predicted octanol–water partition coefficient (Wildman–Crippen LogP) is 3.97. The van der Waals surface area contributed by atoms with E-state index < -0.39 is 30.3 Å². The molecule has 0 unspecified atom stereocenters. The number of aromatic nitrogens is 1. The van der Waals surface area contributed by atoms with E-state index in [9.17, 15) is 18.0 Å². The molecule has 4 nitrogen and oxygen atoms in total. The van der Waals surface area contributed by atoms with E-state index >= 15 is 0 Å². The van der Waals surface area contributed by atoms with E-state index in [1.165, 1.54) is 36.1 Å². The fourth-order valence-corrected chi connectivity index (χ4v) is 3.50. The fourth-order valence-electron chi connectivity index (χ4n) is 2.44. The lowest BCUT2D eigenvalue weighted by Crippen LogP contribution is -2.63. The van der Waals surface area contributed by atoms with E-state index in [2.05, 4.69) is 4.98 Å². The molecule has 0 amide bonds. The summed E-state index contributed by atoms with van der Waals surface area (Å²) in [4.78, 5) is 17.7. The zero-order valence-electron chi connectivity index (χ0n) is 13.1. The standard InChI is InChI=1S/C16H15F3N2O2S/c1-3-23-15(22)13-20-12(10-4-6-11(17)7-5-10)14(24-13)21-8-16(18,19)9(21)2/h4-7,9H,3,8H2,1-2H3/t9-/m1/s1. The second-order valence-corrected chi connectivity index (χ2v) is 6.44. The second-order valence-electron chi connectivity index (χ2n) is 5.47. The van der Waals surface area contributed by atoms with Crippen LogP contribution in [-0.2, 0) is 4.74 Å². The maximum absolute atomic E-state index is 13.5. The van der Waals surface area contributed by atoms with E-state index in [1.54, 1.807) is 6.92 Å². The second kappa shape index (κ2) is 6.08. The molecule has 1 atom stereocenters. The molecule has 0 N–H and O–H groups in total. The Morgan fingerprint density at radius 3 is 2.62 bits per heavy atom. The van der Waals surface area contributed by atoms with E-state index in [0.717, 1.165) is 11.3 Å². The number of thiazole rings is 1. The molecule has 0 spiro atoms. The Balaban J connectivity index is 2.02. The van der Waals surface area contributed by atoms with Crippen molar-refractivity contribution in [3.05, 3.63) is 35.1 Å². The van der Waals surface area contributed by atoms with Gasteiger partial charge in [0.15, 0.2) is 0 Å². The van der Waals surface area contributed by atoms with Gasteiger partial charge in [-0.15, -0.1) is 0 Å². The SMILES string of the molecule is CCOC(=O)c1nc(-c2ccc(F)cc2)c(N2CC(F)(F)[C@H]2C)s1. The molecule has 1 aromatic heterocycles. The maximum atomic E-state index is 13.5. The summed E-state index contributed by atoms with van der Waals surface area (Å²) in [7, 11) is 0. The highest BCUT2D eigenvalue weighted by Gasteiger charge is 2.53. The molecule has 2 aromatic rings. The van der Waals surface area contributed by atoms with Crippen LogP contribution in [0.3, 0.4) is 0 Å². The van der Waals surface area contributed by atoms with Gasteiger partial charge in [-0.1, -0.05) is 11.3 Å². The lowest BCUT2D eigenvalue weighted by atomic mass is 10.00. The number of halogens is 3. The van der Waals surface area contributed by atoms with Crippen molar-refractivity contribution in [2.45, 2.75) is 25.8 Å². The summed E-state index contributed by atoms with van der Waals surface area (Å²) in [5.41, 5.74) is 0.936. The van der Waals surface area contributed by atoms with Crippen LogP contribution in [0.5, 0.6) is 0 Å². The fraction of sp³-hybridized carbons (Fsp3) is 0.375. The Bertz CT molecular complexity index is 761. The minimum absolute atomic E-state index is 0.0913. The smallest absolute Gasteiger partial charge is 0.367 e. The summed E-state index contributed by atoms with van der Waals surface area (Å²) >= 11 is 1.01. The third-order valence-electron chi connectivity index (χ3n) is 3.90. The van der Waals surface area contributed by atoms with E-state index in [0.29, 0.717) is 16.3 Å². The Morgan fingerprint density at radius 1 is 1.42 bits per heavy atom. The molecule has 1 fully saturated rings. The van der Waals surface area contributed by atoms with Crippen LogP contribution >= 0.6 is 11.3 Å². The van der Waals surface area contributed by atoms with Gasteiger partial charge in [0.25, 0.3) is 5.92 Å². The van der Waals surface area contributed by atoms with Crippen LogP contribution < -0.4 is 4.90 Å². The number of esters is 1. The van der Waals surface area contributed by atoms with Crippen LogP contribution in [0.4, 0.5) is 18.2 Å². The van der Waals surface area contributed by atoms with Crippen LogP contribution in [-0.4, -0.2) is 36.1 Å². The van der Waals surface area contributed by atoms with E-state index in [4.69, 9.17) is 4.74 Å². The van der Waals surface area contributed by atoms with E-state index in [1.807, 2.05) is 0 Å². The third-order valence-corrected chi connectivity index (χ3v) is 4.97. The zero-order chi connectivity index (χ0) is 17.5. The average Bonchev–Trinajstić information content (AvgIpc) is 2.98. The molecular weight excluding hydrogens is 341 g/mol. The lowest BCUT2D eigenvalue weighted by molar-refractivity contribution is -0.0634. The Hall–Kier alpha value is -2.09. The highest BCUT2D eigenvalue weighted by Crippen LogP contribution is 2.45. The van der Waals surface area contributed by atoms with Crippen molar-refractivity contribution in [2.75, 3.05) is 18.1 Å². The van der Waals surface area contributed by atoms with E-state index in [-0.39, 0.29) is 11.6 Å². The largest absolute Gasteiger partial charge is 0.461 e. The van der Waals surface area contributed by atoms with Crippen molar-refractivity contribution < 1.29 is 22.7 Å². The molecule has 0 saturated carbocycles. The van der Waals surface area contributed by atoms with Gasteiger partial charge in [-0.05, 0) is 38.1 Å². The summed E-state index contributed by atoms with van der Waals surface area (Å²) in [6, 6.07) is 4.54. The normalized spacial score (nSPS) is 19.0. The molecule has 2 heterocycles. The Morgan fingerprint density at radius 2 is 2.08 bits per heavy atom. The summed E-state index contributed by atoms with van der Waals surface area (Å²) < 4.78 is 45.2. The van der Waals surface area contributed by atoms with Gasteiger partial charge in [0.05, 0.1) is 19.2 Å². The van der Waals surface area contributed by atoms with Crippen molar-refractivity contribution >= 4 is 22.3 Å². The van der Waals surface area contributed by atoms with Crippen molar-refractivity contribution in [1.29, 1.82) is 0 Å². The third kappa shape index (κ3) is 2.86. The number of alkyl halides is 2. The van der Waals surface area contributed by atoms with Crippen molar-refractivity contribution in [1.82, 2.24) is 4.98 Å². The Kier molecular flexibility index (Phi) is 4.25. The van der Waals surface area contributed by atoms with Gasteiger partial charge < -0.3 is 9.64 Å².